The molecule has 0 N–H and O–H groups in total. The molecule has 0 aliphatic carbocycles. The zero-order valence-electron chi connectivity index (χ0n) is 29.5. The summed E-state index contributed by atoms with van der Waals surface area (Å²) in [6.07, 6.45) is 2.13. The number of fused-ring (bicyclic) bond motifs is 18. The highest BCUT2D eigenvalue weighted by Crippen LogP contribution is 2.49. The van der Waals surface area contributed by atoms with Crippen LogP contribution in [0.4, 0.5) is 0 Å². The molecule has 0 radical (unpaired) electrons. The van der Waals surface area contributed by atoms with E-state index in [0.29, 0.717) is 0 Å². The summed E-state index contributed by atoms with van der Waals surface area (Å²) in [5.41, 5.74) is 13.1. The summed E-state index contributed by atoms with van der Waals surface area (Å²) in [7, 11) is 0. The van der Waals surface area contributed by atoms with Crippen molar-refractivity contribution < 1.29 is 0 Å². The van der Waals surface area contributed by atoms with Gasteiger partial charge in [-0.1, -0.05) is 121 Å². The van der Waals surface area contributed by atoms with Gasteiger partial charge in [-0.3, -0.25) is 4.40 Å². The molecule has 4 heteroatoms. The van der Waals surface area contributed by atoms with Crippen molar-refractivity contribution >= 4 is 109 Å². The Labute approximate surface area is 313 Å². The van der Waals surface area contributed by atoms with Crippen molar-refractivity contribution in [3.8, 4) is 16.8 Å². The van der Waals surface area contributed by atoms with Crippen LogP contribution in [0.2, 0.25) is 0 Å². The second kappa shape index (κ2) is 9.75. The number of aromatic nitrogens is 4. The van der Waals surface area contributed by atoms with Crippen LogP contribution in [0, 0.1) is 0 Å². The van der Waals surface area contributed by atoms with Gasteiger partial charge in [-0.15, -0.1) is 0 Å². The smallest absolute Gasteiger partial charge is 0.146 e. The minimum atomic E-state index is 1.01. The molecule has 0 bridgehead atoms. The van der Waals surface area contributed by atoms with Gasteiger partial charge in [0.05, 0.1) is 44.8 Å². The molecule has 8 aromatic carbocycles. The number of benzene rings is 8. The summed E-state index contributed by atoms with van der Waals surface area (Å²) >= 11 is 0. The third-order valence-corrected chi connectivity index (χ3v) is 12.5. The van der Waals surface area contributed by atoms with Crippen molar-refractivity contribution in [2.24, 2.45) is 0 Å². The van der Waals surface area contributed by atoms with E-state index in [0.717, 1.165) is 11.2 Å². The average Bonchev–Trinajstić information content (AvgIpc) is 4.03. The van der Waals surface area contributed by atoms with Crippen molar-refractivity contribution in [2.45, 2.75) is 0 Å². The Morgan fingerprint density at radius 3 is 1.95 bits per heavy atom. The minimum absolute atomic E-state index is 1.01. The first-order valence-corrected chi connectivity index (χ1v) is 19.0. The quantitative estimate of drug-likeness (QED) is 0.177. The van der Waals surface area contributed by atoms with Crippen molar-refractivity contribution in [3.05, 3.63) is 170 Å². The van der Waals surface area contributed by atoms with Gasteiger partial charge in [-0.2, -0.15) is 0 Å². The molecule has 0 unspecified atom stereocenters. The third kappa shape index (κ3) is 3.29. The van der Waals surface area contributed by atoms with E-state index in [4.69, 9.17) is 4.98 Å². The standard InChI is InChI=1S/C51H28N4/c1-2-13-31(14-3-1)53-41-22-8-6-16-34(41)39-26-30(24-25-43(39)53)33-18-10-19-35-36-20-11-21-38-47-46-40-27-29-12-4-5-15-32(29)45-37-17-7-9-23-42(37)54(50(40)45)44(46)28-52-51(47)55(48(33)35)49(36)38/h1-28H. The van der Waals surface area contributed by atoms with E-state index in [1.54, 1.807) is 0 Å². The molecular formula is C51H28N4. The Morgan fingerprint density at radius 2 is 1.05 bits per heavy atom. The number of hydrogen-bond donors (Lipinski definition) is 0. The van der Waals surface area contributed by atoms with Crippen LogP contribution in [0.5, 0.6) is 0 Å². The van der Waals surface area contributed by atoms with Gasteiger partial charge in [0.1, 0.15) is 5.65 Å². The van der Waals surface area contributed by atoms with Crippen LogP contribution in [0.15, 0.2) is 170 Å². The van der Waals surface area contributed by atoms with Crippen LogP contribution in [-0.4, -0.2) is 18.4 Å². The number of pyridine rings is 1. The monoisotopic (exact) mass is 696 g/mol. The van der Waals surface area contributed by atoms with E-state index in [2.05, 4.69) is 183 Å². The number of nitrogens with zero attached hydrogens (tertiary/aromatic N) is 4. The fourth-order valence-electron chi connectivity index (χ4n) is 10.4. The molecule has 0 saturated heterocycles. The van der Waals surface area contributed by atoms with Crippen LogP contribution < -0.4 is 0 Å². The number of para-hydroxylation sites is 5. The Hall–Kier alpha value is -7.43. The summed E-state index contributed by atoms with van der Waals surface area (Å²) in [5, 5.41) is 15.2. The molecular weight excluding hydrogens is 669 g/mol. The lowest BCUT2D eigenvalue weighted by molar-refractivity contribution is 1.18. The SMILES string of the molecule is c1ccc(-n2c3ccccc3c3cc(-c4cccc5c6cccc7c8c9c%10cc%11ccccc%11c%11c%12ccccc%12n(c9cnc8n(c45)c67)c%10%11)ccc32)cc1. The zero-order valence-corrected chi connectivity index (χ0v) is 29.5. The van der Waals surface area contributed by atoms with Crippen molar-refractivity contribution in [1.29, 1.82) is 0 Å². The van der Waals surface area contributed by atoms with Crippen LogP contribution in [-0.2, 0) is 0 Å². The second-order valence-corrected chi connectivity index (χ2v) is 15.1. The Morgan fingerprint density at radius 1 is 0.364 bits per heavy atom. The summed E-state index contributed by atoms with van der Waals surface area (Å²) in [6, 6.07) is 60.2. The molecule has 55 heavy (non-hydrogen) atoms. The molecule has 0 amide bonds. The summed E-state index contributed by atoms with van der Waals surface area (Å²) in [4.78, 5) is 5.42. The fraction of sp³-hybridized carbons (Fsp3) is 0. The number of hydrogen-bond acceptors (Lipinski definition) is 1. The maximum atomic E-state index is 5.42. The predicted octanol–water partition coefficient (Wildman–Crippen LogP) is 13.3. The third-order valence-electron chi connectivity index (χ3n) is 12.5. The molecule has 0 spiro atoms. The molecule has 0 saturated carbocycles. The molecule has 0 aliphatic heterocycles. The van der Waals surface area contributed by atoms with Gasteiger partial charge in [0.15, 0.2) is 0 Å². The molecule has 6 heterocycles. The van der Waals surface area contributed by atoms with Gasteiger partial charge in [-0.05, 0) is 58.8 Å². The zero-order chi connectivity index (χ0) is 35.5. The van der Waals surface area contributed by atoms with E-state index >= 15 is 0 Å². The van der Waals surface area contributed by atoms with Crippen LogP contribution in [0.1, 0.15) is 0 Å². The van der Waals surface area contributed by atoms with Gasteiger partial charge < -0.3 is 8.97 Å². The highest BCUT2D eigenvalue weighted by Gasteiger charge is 2.26. The summed E-state index contributed by atoms with van der Waals surface area (Å²) in [6.45, 7) is 0. The van der Waals surface area contributed by atoms with Gasteiger partial charge in [0, 0.05) is 65.1 Å². The predicted molar refractivity (Wildman–Crippen MR) is 231 cm³/mol. The van der Waals surface area contributed by atoms with Crippen LogP contribution in [0.25, 0.3) is 126 Å². The topological polar surface area (TPSA) is 26.6 Å². The van der Waals surface area contributed by atoms with E-state index in [9.17, 15) is 0 Å². The Balaban J connectivity index is 1.13. The lowest BCUT2D eigenvalue weighted by atomic mass is 9.98. The number of rotatable bonds is 2. The van der Waals surface area contributed by atoms with Gasteiger partial charge in [0.25, 0.3) is 0 Å². The maximum Gasteiger partial charge on any atom is 0.146 e. The van der Waals surface area contributed by atoms with Crippen LogP contribution in [0.3, 0.4) is 0 Å². The molecule has 14 aromatic rings. The molecule has 0 atom stereocenters. The second-order valence-electron chi connectivity index (χ2n) is 15.1. The largest absolute Gasteiger partial charge is 0.309 e. The lowest BCUT2D eigenvalue weighted by Gasteiger charge is -2.09. The van der Waals surface area contributed by atoms with E-state index in [1.807, 2.05) is 0 Å². The minimum Gasteiger partial charge on any atom is -0.309 e. The molecule has 252 valence electrons. The summed E-state index contributed by atoms with van der Waals surface area (Å²) < 4.78 is 7.32. The molecule has 6 aromatic heterocycles. The van der Waals surface area contributed by atoms with Crippen molar-refractivity contribution in [3.63, 3.8) is 0 Å². The van der Waals surface area contributed by atoms with Gasteiger partial charge in [-0.25, -0.2) is 4.98 Å². The van der Waals surface area contributed by atoms with Crippen molar-refractivity contribution in [1.82, 2.24) is 18.4 Å². The highest BCUT2D eigenvalue weighted by molar-refractivity contribution is 6.38. The van der Waals surface area contributed by atoms with Gasteiger partial charge >= 0.3 is 0 Å². The van der Waals surface area contributed by atoms with Crippen molar-refractivity contribution in [2.75, 3.05) is 0 Å². The molecule has 0 aliphatic rings. The molecule has 4 nitrogen and oxygen atoms in total. The average molecular weight is 697 g/mol. The van der Waals surface area contributed by atoms with E-state index in [-0.39, 0.29) is 0 Å². The maximum absolute atomic E-state index is 5.42. The first-order valence-electron chi connectivity index (χ1n) is 19.0. The Kier molecular flexibility index (Phi) is 4.99. The molecule has 0 fully saturated rings. The first kappa shape index (κ1) is 28.1. The van der Waals surface area contributed by atoms with Gasteiger partial charge in [0.2, 0.25) is 0 Å². The van der Waals surface area contributed by atoms with E-state index < -0.39 is 0 Å². The normalized spacial score (nSPS) is 12.7. The highest BCUT2D eigenvalue weighted by atomic mass is 15.0. The van der Waals surface area contributed by atoms with E-state index in [1.165, 1.54) is 115 Å². The molecule has 14 rings (SSSR count). The fourth-order valence-corrected chi connectivity index (χ4v) is 10.4. The summed E-state index contributed by atoms with van der Waals surface area (Å²) in [5.74, 6) is 0. The van der Waals surface area contributed by atoms with Crippen LogP contribution >= 0.6 is 0 Å². The lowest BCUT2D eigenvalue weighted by Crippen LogP contribution is -1.93. The first-order chi connectivity index (χ1) is 27.3. The Bertz CT molecular complexity index is 3940.